The van der Waals surface area contributed by atoms with E-state index < -0.39 is 0 Å². The van der Waals surface area contributed by atoms with E-state index in [1.54, 1.807) is 30.3 Å². The summed E-state index contributed by atoms with van der Waals surface area (Å²) >= 11 is 5.86. The number of hydrogen-bond donors (Lipinski definition) is 1. The van der Waals surface area contributed by atoms with Gasteiger partial charge in [-0.3, -0.25) is 4.79 Å². The first-order valence-corrected chi connectivity index (χ1v) is 10.5. The zero-order valence-corrected chi connectivity index (χ0v) is 18.9. The molecule has 0 spiro atoms. The van der Waals surface area contributed by atoms with Crippen LogP contribution in [0, 0.1) is 5.41 Å². The van der Waals surface area contributed by atoms with Crippen LogP contribution in [0.5, 0.6) is 0 Å². The van der Waals surface area contributed by atoms with Crippen LogP contribution in [0.2, 0.25) is 5.02 Å². The molecule has 1 aromatic carbocycles. The molecule has 1 N–H and O–H groups in total. The molecule has 0 saturated heterocycles. The summed E-state index contributed by atoms with van der Waals surface area (Å²) in [5.74, 6) is -0.156. The van der Waals surface area contributed by atoms with E-state index in [9.17, 15) is 4.79 Å². The summed E-state index contributed by atoms with van der Waals surface area (Å²) in [4.78, 5) is 12.1. The van der Waals surface area contributed by atoms with Crippen molar-refractivity contribution in [1.29, 1.82) is 0 Å². The van der Waals surface area contributed by atoms with E-state index in [1.165, 1.54) is 36.0 Å². The van der Waals surface area contributed by atoms with Crippen LogP contribution < -0.4 is 5.32 Å². The van der Waals surface area contributed by atoms with Gasteiger partial charge in [0.2, 0.25) is 5.91 Å². The number of nitrogens with one attached hydrogen (secondary N) is 1. The highest BCUT2D eigenvalue weighted by atomic mass is 35.5. The Hall–Kier alpha value is -2.32. The number of amides is 1. The monoisotopic (exact) mass is 409 g/mol. The molecular weight excluding hydrogens is 378 g/mol. The van der Waals surface area contributed by atoms with Crippen LogP contribution in [-0.2, 0) is 4.79 Å². The van der Waals surface area contributed by atoms with Crippen LogP contribution in [-0.4, -0.2) is 5.91 Å². The van der Waals surface area contributed by atoms with Crippen molar-refractivity contribution in [3.05, 3.63) is 88.0 Å². The average molecular weight is 410 g/mol. The Labute approximate surface area is 180 Å². The van der Waals surface area contributed by atoms with Gasteiger partial charge in [0.1, 0.15) is 0 Å². The van der Waals surface area contributed by atoms with Crippen molar-refractivity contribution in [1.82, 2.24) is 0 Å². The van der Waals surface area contributed by atoms with Gasteiger partial charge in [-0.25, -0.2) is 0 Å². The minimum Gasteiger partial charge on any atom is -0.323 e. The lowest BCUT2D eigenvalue weighted by Crippen LogP contribution is -2.19. The Morgan fingerprint density at radius 2 is 1.79 bits per heavy atom. The molecular formula is C26H32ClNO. The molecule has 0 fully saturated rings. The molecule has 2 rings (SSSR count). The van der Waals surface area contributed by atoms with Gasteiger partial charge >= 0.3 is 0 Å². The molecule has 1 aromatic rings. The Balaban J connectivity index is 1.95. The van der Waals surface area contributed by atoms with E-state index in [2.05, 4.69) is 51.2 Å². The fourth-order valence-corrected chi connectivity index (χ4v) is 3.72. The maximum absolute atomic E-state index is 12.1. The summed E-state index contributed by atoms with van der Waals surface area (Å²) < 4.78 is 0. The smallest absolute Gasteiger partial charge is 0.248 e. The summed E-state index contributed by atoms with van der Waals surface area (Å²) in [5.41, 5.74) is 6.02. The topological polar surface area (TPSA) is 29.1 Å². The molecule has 1 amide bonds. The molecule has 154 valence electrons. The minimum absolute atomic E-state index is 0.156. The highest BCUT2D eigenvalue weighted by Crippen LogP contribution is 2.40. The average Bonchev–Trinajstić information content (AvgIpc) is 2.62. The number of anilines is 1. The van der Waals surface area contributed by atoms with Gasteiger partial charge in [-0.2, -0.15) is 0 Å². The standard InChI is InChI=1S/C26H32ClNO/c1-19(11-16-24-21(3)10-7-17-26(24,4)5)8-6-9-20(2)18-25(29)28-23-14-12-22(27)13-15-23/h6,8-9,11-16,18H,7,10,17H2,1-5H3,(H,28,29)/b9-6+,16-11+,19-8+,20-18+. The summed E-state index contributed by atoms with van der Waals surface area (Å²) in [7, 11) is 0. The molecule has 0 aromatic heterocycles. The van der Waals surface area contributed by atoms with E-state index in [0.29, 0.717) is 5.02 Å². The Kier molecular flexibility index (Phi) is 8.28. The van der Waals surface area contributed by atoms with Gasteiger partial charge in [-0.05, 0) is 80.9 Å². The van der Waals surface area contributed by atoms with Crippen molar-refractivity contribution in [2.24, 2.45) is 5.41 Å². The van der Waals surface area contributed by atoms with Gasteiger partial charge in [0.05, 0.1) is 0 Å². The summed E-state index contributed by atoms with van der Waals surface area (Å²) in [6.45, 7) is 10.9. The van der Waals surface area contributed by atoms with Gasteiger partial charge in [0.25, 0.3) is 0 Å². The summed E-state index contributed by atoms with van der Waals surface area (Å²) in [6, 6.07) is 7.06. The van der Waals surface area contributed by atoms with Crippen molar-refractivity contribution < 1.29 is 4.79 Å². The molecule has 0 saturated carbocycles. The van der Waals surface area contributed by atoms with Gasteiger partial charge in [0, 0.05) is 16.8 Å². The van der Waals surface area contributed by atoms with Crippen molar-refractivity contribution >= 4 is 23.2 Å². The number of rotatable bonds is 6. The maximum atomic E-state index is 12.1. The number of halogens is 1. The van der Waals surface area contributed by atoms with Crippen LogP contribution in [0.3, 0.4) is 0 Å². The second kappa shape index (κ2) is 10.5. The second-order valence-corrected chi connectivity index (χ2v) is 8.86. The lowest BCUT2D eigenvalue weighted by molar-refractivity contribution is -0.111. The van der Waals surface area contributed by atoms with E-state index >= 15 is 0 Å². The number of hydrogen-bond acceptors (Lipinski definition) is 1. The normalized spacial score (nSPS) is 18.0. The van der Waals surface area contributed by atoms with E-state index in [0.717, 1.165) is 11.3 Å². The minimum atomic E-state index is -0.156. The fraction of sp³-hybridized carbons (Fsp3) is 0.346. The highest BCUT2D eigenvalue weighted by Gasteiger charge is 2.26. The van der Waals surface area contributed by atoms with Gasteiger partial charge in [-0.1, -0.05) is 67.0 Å². The highest BCUT2D eigenvalue weighted by molar-refractivity contribution is 6.30. The number of benzene rings is 1. The van der Waals surface area contributed by atoms with Gasteiger partial charge in [-0.15, -0.1) is 0 Å². The summed E-state index contributed by atoms with van der Waals surface area (Å²) in [5, 5.41) is 3.47. The fourth-order valence-electron chi connectivity index (χ4n) is 3.60. The quantitative estimate of drug-likeness (QED) is 0.376. The SMILES string of the molecule is CC1=C(/C=C/C(C)=C/C=C/C(C)=C/C(=O)Nc2ccc(Cl)cc2)C(C)(C)CCC1. The van der Waals surface area contributed by atoms with Crippen LogP contribution in [0.15, 0.2) is 83.0 Å². The lowest BCUT2D eigenvalue weighted by Gasteiger charge is -2.32. The molecule has 2 nitrogen and oxygen atoms in total. The third-order valence-electron chi connectivity index (χ3n) is 5.24. The Morgan fingerprint density at radius 3 is 2.45 bits per heavy atom. The Morgan fingerprint density at radius 1 is 1.10 bits per heavy atom. The number of allylic oxidation sites excluding steroid dienone is 9. The molecule has 0 atom stereocenters. The van der Waals surface area contributed by atoms with Crippen molar-refractivity contribution in [3.63, 3.8) is 0 Å². The van der Waals surface area contributed by atoms with E-state index in [-0.39, 0.29) is 11.3 Å². The van der Waals surface area contributed by atoms with Crippen molar-refractivity contribution in [2.45, 2.75) is 53.9 Å². The van der Waals surface area contributed by atoms with Crippen LogP contribution >= 0.6 is 11.6 Å². The van der Waals surface area contributed by atoms with Gasteiger partial charge < -0.3 is 5.32 Å². The van der Waals surface area contributed by atoms with E-state index in [1.807, 2.05) is 19.1 Å². The largest absolute Gasteiger partial charge is 0.323 e. The first-order chi connectivity index (χ1) is 13.7. The third-order valence-corrected chi connectivity index (χ3v) is 5.50. The zero-order chi connectivity index (χ0) is 21.4. The van der Waals surface area contributed by atoms with Crippen LogP contribution in [0.1, 0.15) is 53.9 Å². The molecule has 0 radical (unpaired) electrons. The van der Waals surface area contributed by atoms with Crippen LogP contribution in [0.4, 0.5) is 5.69 Å². The lowest BCUT2D eigenvalue weighted by atomic mass is 9.72. The van der Waals surface area contributed by atoms with Gasteiger partial charge in [0.15, 0.2) is 0 Å². The molecule has 1 aliphatic carbocycles. The Bertz CT molecular complexity index is 880. The number of carbonyl (C=O) groups is 1. The van der Waals surface area contributed by atoms with Crippen LogP contribution in [0.25, 0.3) is 0 Å². The molecule has 0 aliphatic heterocycles. The predicted octanol–water partition coefficient (Wildman–Crippen LogP) is 7.81. The molecule has 3 heteroatoms. The summed E-state index contributed by atoms with van der Waals surface area (Å²) in [6.07, 6.45) is 15.8. The maximum Gasteiger partial charge on any atom is 0.248 e. The van der Waals surface area contributed by atoms with E-state index in [4.69, 9.17) is 11.6 Å². The molecule has 0 unspecified atom stereocenters. The third kappa shape index (κ3) is 7.55. The predicted molar refractivity (Wildman–Crippen MR) is 126 cm³/mol. The first-order valence-electron chi connectivity index (χ1n) is 10.2. The molecule has 0 heterocycles. The number of carbonyl (C=O) groups excluding carboxylic acids is 1. The molecule has 0 bridgehead atoms. The second-order valence-electron chi connectivity index (χ2n) is 8.42. The molecule has 29 heavy (non-hydrogen) atoms. The zero-order valence-electron chi connectivity index (χ0n) is 18.2. The first kappa shape index (κ1) is 23.0. The van der Waals surface area contributed by atoms with Crippen molar-refractivity contribution in [3.8, 4) is 0 Å². The molecule has 1 aliphatic rings. The van der Waals surface area contributed by atoms with Crippen molar-refractivity contribution in [2.75, 3.05) is 5.32 Å².